The van der Waals surface area contributed by atoms with Crippen molar-refractivity contribution in [2.24, 2.45) is 11.3 Å². The molecule has 1 fully saturated rings. The van der Waals surface area contributed by atoms with Gasteiger partial charge >= 0.3 is 11.9 Å². The molecule has 1 heterocycles. The van der Waals surface area contributed by atoms with Crippen LogP contribution >= 0.6 is 0 Å². The van der Waals surface area contributed by atoms with Crippen molar-refractivity contribution >= 4 is 11.9 Å². The number of aliphatic hydroxyl groups excluding tert-OH is 2. The number of unbranched alkanes of at least 4 members (excludes halogenated alkanes) is 53. The number of allylic oxidation sites excluding steroid dienone is 2. The third kappa shape index (κ3) is 48.9. The Morgan fingerprint density at radius 2 is 0.581 bits per heavy atom. The van der Waals surface area contributed by atoms with Crippen molar-refractivity contribution in [3.8, 4) is 0 Å². The summed E-state index contributed by atoms with van der Waals surface area (Å²) in [6, 6.07) is 0. The molecule has 0 amide bonds. The second-order valence-electron chi connectivity index (χ2n) is 24.2. The monoisotopic (exact) mass is 1040 g/mol. The van der Waals surface area contributed by atoms with Gasteiger partial charge in [-0.25, -0.2) is 0 Å². The lowest BCUT2D eigenvalue weighted by molar-refractivity contribution is -0.155. The van der Waals surface area contributed by atoms with E-state index in [4.69, 9.17) is 9.47 Å². The molecule has 0 aromatic carbocycles. The lowest BCUT2D eigenvalue weighted by atomic mass is 9.92. The van der Waals surface area contributed by atoms with E-state index in [0.29, 0.717) is 6.42 Å². The van der Waals surface area contributed by atoms with Crippen LogP contribution in [0.3, 0.4) is 0 Å². The maximum absolute atomic E-state index is 12.5. The predicted octanol–water partition coefficient (Wildman–Crippen LogP) is 21.5. The van der Waals surface area contributed by atoms with Crippen LogP contribution in [-0.2, 0) is 19.1 Å². The van der Waals surface area contributed by atoms with Crippen LogP contribution in [0.15, 0.2) is 12.2 Å². The van der Waals surface area contributed by atoms with Crippen molar-refractivity contribution in [2.45, 2.75) is 373 Å². The maximum atomic E-state index is 12.5. The lowest BCUT2D eigenvalue weighted by Crippen LogP contribution is -2.40. The summed E-state index contributed by atoms with van der Waals surface area (Å²) in [7, 11) is 0. The Balaban J connectivity index is 1.67. The zero-order valence-corrected chi connectivity index (χ0v) is 49.9. The molecule has 0 spiro atoms. The Labute approximate surface area is 462 Å². The molecule has 0 aliphatic carbocycles. The van der Waals surface area contributed by atoms with Gasteiger partial charge in [0.05, 0.1) is 31.0 Å². The van der Waals surface area contributed by atoms with E-state index >= 15 is 0 Å². The molecule has 6 nitrogen and oxygen atoms in total. The van der Waals surface area contributed by atoms with Gasteiger partial charge in [-0.3, -0.25) is 9.59 Å². The van der Waals surface area contributed by atoms with Crippen molar-refractivity contribution in [1.29, 1.82) is 0 Å². The lowest BCUT2D eigenvalue weighted by Gasteiger charge is -2.27. The van der Waals surface area contributed by atoms with E-state index in [1.165, 1.54) is 334 Å². The Hall–Kier alpha value is -1.40. The summed E-state index contributed by atoms with van der Waals surface area (Å²) in [6.07, 6.45) is 83.2. The minimum atomic E-state index is -1.13. The molecule has 1 rings (SSSR count). The van der Waals surface area contributed by atoms with E-state index in [0.717, 1.165) is 19.3 Å². The van der Waals surface area contributed by atoms with Crippen LogP contribution in [-0.4, -0.2) is 48.6 Å². The molecule has 6 heteroatoms. The highest BCUT2D eigenvalue weighted by Gasteiger charge is 2.36. The normalized spacial score (nSPS) is 15.1. The summed E-state index contributed by atoms with van der Waals surface area (Å²) in [6.45, 7) is 1.20. The molecular formula is C68H130O6. The van der Waals surface area contributed by atoms with Crippen molar-refractivity contribution in [2.75, 3.05) is 26.4 Å². The van der Waals surface area contributed by atoms with Gasteiger partial charge in [0.15, 0.2) is 0 Å². The number of aliphatic hydroxyl groups is 2. The molecule has 1 aliphatic rings. The fraction of sp³-hybridized carbons (Fsp3) is 0.941. The van der Waals surface area contributed by atoms with Crippen LogP contribution in [0.25, 0.3) is 0 Å². The van der Waals surface area contributed by atoms with E-state index in [2.05, 4.69) is 19.1 Å². The van der Waals surface area contributed by atoms with Crippen LogP contribution in [0, 0.1) is 11.3 Å². The van der Waals surface area contributed by atoms with E-state index in [9.17, 15) is 19.8 Å². The fourth-order valence-corrected chi connectivity index (χ4v) is 11.3. The minimum Gasteiger partial charge on any atom is -0.465 e. The number of ether oxygens (including phenoxy) is 2. The van der Waals surface area contributed by atoms with Crippen LogP contribution in [0.2, 0.25) is 0 Å². The standard InChI is InChI=1S/C68H130O6/c1-2-3-4-5-6-7-8-9-10-11-12-13-14-15-16-17-18-19-20-21-22-23-24-25-26-27-28-29-30-31-32-33-34-35-36-37-38-39-40-41-42-43-44-45-46-47-48-49-50-51-52-53-54-55-56-57-58-59-65-60-66(71)73-63-68(61-69,62-70)64-74-67(65)72/h50-51,65,69-70H,2-49,52-64H2,1H3/b51-50+. The molecule has 438 valence electrons. The van der Waals surface area contributed by atoms with Gasteiger partial charge in [0.25, 0.3) is 0 Å². The number of hydrogen-bond donors (Lipinski definition) is 2. The van der Waals surface area contributed by atoms with Gasteiger partial charge in [-0.1, -0.05) is 347 Å². The van der Waals surface area contributed by atoms with Gasteiger partial charge in [-0.05, 0) is 32.1 Å². The number of carbonyl (C=O) groups excluding carboxylic acids is 2. The zero-order valence-electron chi connectivity index (χ0n) is 49.9. The summed E-state index contributed by atoms with van der Waals surface area (Å²) in [5, 5.41) is 19.2. The molecule has 0 saturated carbocycles. The van der Waals surface area contributed by atoms with Crippen molar-refractivity contribution in [3.05, 3.63) is 12.2 Å². The topological polar surface area (TPSA) is 93.1 Å². The Morgan fingerprint density at radius 1 is 0.351 bits per heavy atom. The van der Waals surface area contributed by atoms with E-state index in [1.807, 2.05) is 0 Å². The summed E-state index contributed by atoms with van der Waals surface area (Å²) in [4.78, 5) is 24.7. The van der Waals surface area contributed by atoms with E-state index < -0.39 is 36.5 Å². The minimum absolute atomic E-state index is 0.00201. The van der Waals surface area contributed by atoms with E-state index in [1.54, 1.807) is 0 Å². The third-order valence-corrected chi connectivity index (χ3v) is 16.8. The smallest absolute Gasteiger partial charge is 0.309 e. The number of esters is 2. The van der Waals surface area contributed by atoms with Crippen LogP contribution in [0.5, 0.6) is 0 Å². The quantitative estimate of drug-likeness (QED) is 0.0358. The van der Waals surface area contributed by atoms with E-state index in [-0.39, 0.29) is 19.6 Å². The van der Waals surface area contributed by atoms with Gasteiger partial charge in [-0.15, -0.1) is 0 Å². The first-order valence-electron chi connectivity index (χ1n) is 33.8. The van der Waals surface area contributed by atoms with Crippen molar-refractivity contribution < 1.29 is 29.3 Å². The fourth-order valence-electron chi connectivity index (χ4n) is 11.3. The Morgan fingerprint density at radius 3 is 0.838 bits per heavy atom. The summed E-state index contributed by atoms with van der Waals surface area (Å²) in [5.41, 5.74) is -1.13. The number of carbonyl (C=O) groups is 2. The van der Waals surface area contributed by atoms with Crippen LogP contribution < -0.4 is 0 Å². The molecule has 1 atom stereocenters. The number of hydrogen-bond acceptors (Lipinski definition) is 6. The molecule has 0 bridgehead atoms. The molecule has 1 saturated heterocycles. The largest absolute Gasteiger partial charge is 0.465 e. The van der Waals surface area contributed by atoms with Crippen LogP contribution in [0.4, 0.5) is 0 Å². The average molecular weight is 1040 g/mol. The average Bonchev–Trinajstić information content (AvgIpc) is 3.47. The molecular weight excluding hydrogens is 913 g/mol. The second kappa shape index (κ2) is 57.8. The first-order chi connectivity index (χ1) is 36.6. The van der Waals surface area contributed by atoms with Crippen molar-refractivity contribution in [1.82, 2.24) is 0 Å². The SMILES string of the molecule is CCCCCCCCCCCCCCCCCCCCCCCCCCCCCCCCCCCCCCCCCCCCCCCCC/C=C/CCCCCCCCC1CC(=O)OCC(CO)(CO)COC1=O. The number of cyclic esters (lactones) is 2. The summed E-state index contributed by atoms with van der Waals surface area (Å²) < 4.78 is 10.6. The molecule has 1 unspecified atom stereocenters. The first kappa shape index (κ1) is 70.6. The third-order valence-electron chi connectivity index (χ3n) is 16.8. The van der Waals surface area contributed by atoms with Gasteiger partial charge in [-0.2, -0.15) is 0 Å². The molecule has 74 heavy (non-hydrogen) atoms. The molecule has 0 radical (unpaired) electrons. The number of rotatable bonds is 59. The Kier molecular flexibility index (Phi) is 55.1. The van der Waals surface area contributed by atoms with Gasteiger partial charge in [0.1, 0.15) is 13.2 Å². The predicted molar refractivity (Wildman–Crippen MR) is 320 cm³/mol. The molecule has 1 aliphatic heterocycles. The maximum Gasteiger partial charge on any atom is 0.309 e. The first-order valence-corrected chi connectivity index (χ1v) is 33.8. The second-order valence-corrected chi connectivity index (χ2v) is 24.2. The molecule has 0 aromatic heterocycles. The van der Waals surface area contributed by atoms with Crippen molar-refractivity contribution in [3.63, 3.8) is 0 Å². The van der Waals surface area contributed by atoms with Gasteiger partial charge in [0.2, 0.25) is 0 Å². The molecule has 2 N–H and O–H groups in total. The van der Waals surface area contributed by atoms with Crippen LogP contribution in [0.1, 0.15) is 373 Å². The van der Waals surface area contributed by atoms with Gasteiger partial charge < -0.3 is 19.7 Å². The zero-order chi connectivity index (χ0) is 53.2. The highest BCUT2D eigenvalue weighted by atomic mass is 16.6. The van der Waals surface area contributed by atoms with Gasteiger partial charge in [0, 0.05) is 0 Å². The highest BCUT2D eigenvalue weighted by Crippen LogP contribution is 2.25. The highest BCUT2D eigenvalue weighted by molar-refractivity contribution is 5.80. The summed E-state index contributed by atoms with van der Waals surface area (Å²) in [5.74, 6) is -1.42. The molecule has 0 aromatic rings. The Bertz CT molecular complexity index is 1160. The summed E-state index contributed by atoms with van der Waals surface area (Å²) >= 11 is 0.